The molecule has 24 heavy (non-hydrogen) atoms. The van der Waals surface area contributed by atoms with Gasteiger partial charge in [-0.15, -0.1) is 0 Å². The van der Waals surface area contributed by atoms with Crippen LogP contribution in [0.2, 0.25) is 5.02 Å². The highest BCUT2D eigenvalue weighted by molar-refractivity contribution is 6.32. The molecule has 10 heteroatoms. The van der Waals surface area contributed by atoms with E-state index in [4.69, 9.17) is 16.3 Å². The molecule has 0 saturated carbocycles. The molecule has 0 radical (unpaired) electrons. The van der Waals surface area contributed by atoms with Gasteiger partial charge in [-0.1, -0.05) is 11.6 Å². The first-order valence-corrected chi connectivity index (χ1v) is 7.32. The highest BCUT2D eigenvalue weighted by Gasteiger charge is 2.19. The molecule has 0 aliphatic carbocycles. The van der Waals surface area contributed by atoms with Crippen molar-refractivity contribution < 1.29 is 24.0 Å². The topological polar surface area (TPSA) is 128 Å². The Hall–Kier alpha value is -2.68. The average Bonchev–Trinajstić information content (AvgIpc) is 2.52. The molecule has 0 aromatic heterocycles. The number of hydrogen-bond acceptors (Lipinski definition) is 6. The van der Waals surface area contributed by atoms with Crippen molar-refractivity contribution in [2.45, 2.75) is 19.9 Å². The zero-order valence-corrected chi connectivity index (χ0v) is 13.8. The number of esters is 1. The van der Waals surface area contributed by atoms with E-state index in [0.29, 0.717) is 6.54 Å². The van der Waals surface area contributed by atoms with Crippen LogP contribution in [-0.4, -0.2) is 41.9 Å². The molecule has 0 heterocycles. The quantitative estimate of drug-likeness (QED) is 0.426. The number of rotatable bonds is 7. The number of ether oxygens (including phenoxy) is 1. The van der Waals surface area contributed by atoms with Gasteiger partial charge < -0.3 is 15.4 Å². The zero-order valence-electron chi connectivity index (χ0n) is 13.0. The number of halogens is 1. The predicted octanol–water partition coefficient (Wildman–Crippen LogP) is 1.05. The molecule has 1 rings (SSSR count). The number of carbonyl (C=O) groups is 3. The van der Waals surface area contributed by atoms with Crippen molar-refractivity contribution in [1.29, 1.82) is 0 Å². The summed E-state index contributed by atoms with van der Waals surface area (Å²) in [7, 11) is 0. The smallest absolute Gasteiger partial charge is 0.338 e. The molecule has 0 bridgehead atoms. The molecular weight excluding hydrogens is 342 g/mol. The van der Waals surface area contributed by atoms with E-state index in [9.17, 15) is 24.5 Å². The van der Waals surface area contributed by atoms with Crippen molar-refractivity contribution in [2.75, 3.05) is 13.2 Å². The van der Waals surface area contributed by atoms with Gasteiger partial charge in [0.1, 0.15) is 11.1 Å². The first-order valence-electron chi connectivity index (χ1n) is 6.94. The van der Waals surface area contributed by atoms with Gasteiger partial charge in [-0.05, 0) is 26.0 Å². The van der Waals surface area contributed by atoms with Gasteiger partial charge in [-0.2, -0.15) is 0 Å². The minimum Gasteiger partial charge on any atom is -0.452 e. The lowest BCUT2D eigenvalue weighted by Crippen LogP contribution is -2.46. The second-order valence-corrected chi connectivity index (χ2v) is 5.09. The van der Waals surface area contributed by atoms with Crippen LogP contribution in [0.4, 0.5) is 5.69 Å². The standard InChI is InChI=1S/C14H16ClN3O6/c1-3-16-13(20)8(2)17-12(19)7-24-14(21)9-4-5-10(15)11(6-9)18(22)23/h4-6,8H,3,7H2,1-2H3,(H,16,20)(H,17,19)/t8-/m1/s1. The van der Waals surface area contributed by atoms with Gasteiger partial charge in [-0.3, -0.25) is 19.7 Å². The lowest BCUT2D eigenvalue weighted by atomic mass is 10.2. The predicted molar refractivity (Wildman–Crippen MR) is 84.7 cm³/mol. The maximum absolute atomic E-state index is 11.8. The number of hydrogen-bond donors (Lipinski definition) is 2. The molecular formula is C14H16ClN3O6. The number of likely N-dealkylation sites (N-methyl/N-ethyl adjacent to an activating group) is 1. The second-order valence-electron chi connectivity index (χ2n) is 4.68. The first kappa shape index (κ1) is 19.4. The van der Waals surface area contributed by atoms with Gasteiger partial charge >= 0.3 is 5.97 Å². The van der Waals surface area contributed by atoms with Crippen molar-refractivity contribution in [3.63, 3.8) is 0 Å². The van der Waals surface area contributed by atoms with Crippen molar-refractivity contribution in [3.05, 3.63) is 38.9 Å². The molecule has 0 aliphatic heterocycles. The van der Waals surface area contributed by atoms with Crippen LogP contribution in [0, 0.1) is 10.1 Å². The molecule has 0 unspecified atom stereocenters. The molecule has 9 nitrogen and oxygen atoms in total. The van der Waals surface area contributed by atoms with E-state index in [1.807, 2.05) is 0 Å². The van der Waals surface area contributed by atoms with Crippen LogP contribution in [0.15, 0.2) is 18.2 Å². The number of nitrogens with zero attached hydrogens (tertiary/aromatic N) is 1. The Morgan fingerprint density at radius 2 is 2.04 bits per heavy atom. The zero-order chi connectivity index (χ0) is 18.3. The molecule has 1 aromatic rings. The van der Waals surface area contributed by atoms with Gasteiger partial charge in [0.2, 0.25) is 5.91 Å². The largest absolute Gasteiger partial charge is 0.452 e. The van der Waals surface area contributed by atoms with E-state index in [-0.39, 0.29) is 16.5 Å². The summed E-state index contributed by atoms with van der Waals surface area (Å²) >= 11 is 5.64. The van der Waals surface area contributed by atoms with E-state index >= 15 is 0 Å². The van der Waals surface area contributed by atoms with Crippen molar-refractivity contribution >= 4 is 35.1 Å². The molecule has 1 aromatic carbocycles. The fourth-order valence-electron chi connectivity index (χ4n) is 1.67. The summed E-state index contributed by atoms with van der Waals surface area (Å²) in [5, 5.41) is 15.5. The Morgan fingerprint density at radius 1 is 1.38 bits per heavy atom. The number of amides is 2. The summed E-state index contributed by atoms with van der Waals surface area (Å²) in [6, 6.07) is 2.60. The Kier molecular flexibility index (Phi) is 7.12. The number of nitrogens with one attached hydrogen (secondary N) is 2. The summed E-state index contributed by atoms with van der Waals surface area (Å²) < 4.78 is 4.76. The van der Waals surface area contributed by atoms with E-state index < -0.39 is 35.1 Å². The van der Waals surface area contributed by atoms with E-state index in [2.05, 4.69) is 10.6 Å². The Balaban J connectivity index is 2.60. The SMILES string of the molecule is CCNC(=O)[C@@H](C)NC(=O)COC(=O)c1ccc(Cl)c([N+](=O)[O-])c1. The number of carbonyl (C=O) groups excluding carboxylic acids is 3. The van der Waals surface area contributed by atoms with E-state index in [1.54, 1.807) is 6.92 Å². The van der Waals surface area contributed by atoms with Crippen molar-refractivity contribution in [3.8, 4) is 0 Å². The first-order chi connectivity index (χ1) is 11.3. The summed E-state index contributed by atoms with van der Waals surface area (Å²) in [5.74, 6) is -1.97. The van der Waals surface area contributed by atoms with Crippen LogP contribution in [0.5, 0.6) is 0 Å². The monoisotopic (exact) mass is 357 g/mol. The molecule has 2 N–H and O–H groups in total. The summed E-state index contributed by atoms with van der Waals surface area (Å²) in [6.07, 6.45) is 0. The lowest BCUT2D eigenvalue weighted by molar-refractivity contribution is -0.384. The fourth-order valence-corrected chi connectivity index (χ4v) is 1.86. The van der Waals surface area contributed by atoms with Crippen LogP contribution >= 0.6 is 11.6 Å². The Labute approximate surface area is 142 Å². The molecule has 0 saturated heterocycles. The Morgan fingerprint density at radius 3 is 2.62 bits per heavy atom. The summed E-state index contributed by atoms with van der Waals surface area (Å²) in [5.41, 5.74) is -0.559. The van der Waals surface area contributed by atoms with E-state index in [1.165, 1.54) is 19.1 Å². The third kappa shape index (κ3) is 5.51. The van der Waals surface area contributed by atoms with Gasteiger partial charge in [0.15, 0.2) is 6.61 Å². The highest BCUT2D eigenvalue weighted by Crippen LogP contribution is 2.25. The second kappa shape index (κ2) is 8.82. The number of nitro groups is 1. The van der Waals surface area contributed by atoms with Crippen LogP contribution in [0.3, 0.4) is 0 Å². The minimum atomic E-state index is -0.921. The van der Waals surface area contributed by atoms with Crippen LogP contribution in [-0.2, 0) is 14.3 Å². The Bertz CT molecular complexity index is 664. The van der Waals surface area contributed by atoms with Crippen LogP contribution in [0.25, 0.3) is 0 Å². The van der Waals surface area contributed by atoms with Crippen molar-refractivity contribution in [1.82, 2.24) is 10.6 Å². The molecule has 1 atom stereocenters. The summed E-state index contributed by atoms with van der Waals surface area (Å²) in [4.78, 5) is 44.9. The van der Waals surface area contributed by atoms with Crippen molar-refractivity contribution in [2.24, 2.45) is 0 Å². The average molecular weight is 358 g/mol. The fraction of sp³-hybridized carbons (Fsp3) is 0.357. The van der Waals surface area contributed by atoms with Gasteiger partial charge in [-0.25, -0.2) is 4.79 Å². The van der Waals surface area contributed by atoms with Crippen LogP contribution < -0.4 is 10.6 Å². The molecule has 0 spiro atoms. The number of benzene rings is 1. The normalized spacial score (nSPS) is 11.3. The maximum Gasteiger partial charge on any atom is 0.338 e. The minimum absolute atomic E-state index is 0.115. The highest BCUT2D eigenvalue weighted by atomic mass is 35.5. The van der Waals surface area contributed by atoms with Gasteiger partial charge in [0.25, 0.3) is 11.6 Å². The molecule has 2 amide bonds. The maximum atomic E-state index is 11.8. The van der Waals surface area contributed by atoms with Crippen LogP contribution in [0.1, 0.15) is 24.2 Å². The molecule has 0 aliphatic rings. The summed E-state index contributed by atoms with van der Waals surface area (Å²) in [6.45, 7) is 3.01. The van der Waals surface area contributed by atoms with E-state index in [0.717, 1.165) is 6.07 Å². The third-order valence-corrected chi connectivity index (χ3v) is 3.15. The lowest BCUT2D eigenvalue weighted by Gasteiger charge is -2.13. The van der Waals surface area contributed by atoms with Gasteiger partial charge in [0.05, 0.1) is 10.5 Å². The third-order valence-electron chi connectivity index (χ3n) is 2.83. The molecule has 130 valence electrons. The van der Waals surface area contributed by atoms with Gasteiger partial charge in [0, 0.05) is 12.6 Å². The number of nitro benzene ring substituents is 1. The molecule has 0 fully saturated rings.